The highest BCUT2D eigenvalue weighted by atomic mass is 16.4. The third-order valence-electron chi connectivity index (χ3n) is 7.88. The van der Waals surface area contributed by atoms with E-state index >= 15 is 0 Å². The molecule has 0 bridgehead atoms. The zero-order chi connectivity index (χ0) is 27.6. The molecule has 1 aliphatic rings. The van der Waals surface area contributed by atoms with Crippen molar-refractivity contribution in [3.8, 4) is 0 Å². The second-order valence-electron chi connectivity index (χ2n) is 10.7. The number of anilines is 2. The van der Waals surface area contributed by atoms with Gasteiger partial charge < -0.3 is 14.9 Å². The first-order valence-electron chi connectivity index (χ1n) is 14.4. The van der Waals surface area contributed by atoms with E-state index in [0.29, 0.717) is 6.54 Å². The highest BCUT2D eigenvalue weighted by Crippen LogP contribution is 2.34. The fourth-order valence-electron chi connectivity index (χ4n) is 5.99. The number of carbonyl (C=O) groups is 1. The van der Waals surface area contributed by atoms with Crippen LogP contribution in [0.5, 0.6) is 0 Å². The highest BCUT2D eigenvalue weighted by molar-refractivity contribution is 5.67. The van der Waals surface area contributed by atoms with Gasteiger partial charge in [-0.05, 0) is 67.6 Å². The molecule has 5 rings (SSSR count). The number of piperidine rings is 1. The lowest BCUT2D eigenvalue weighted by molar-refractivity contribution is 0.0951. The van der Waals surface area contributed by atoms with Crippen LogP contribution in [0.15, 0.2) is 121 Å². The summed E-state index contributed by atoms with van der Waals surface area (Å²) >= 11 is 0. The number of rotatable bonds is 11. The van der Waals surface area contributed by atoms with E-state index in [-0.39, 0.29) is 12.1 Å². The van der Waals surface area contributed by atoms with Crippen molar-refractivity contribution in [2.45, 2.75) is 50.9 Å². The van der Waals surface area contributed by atoms with Crippen LogP contribution in [0.4, 0.5) is 16.2 Å². The number of likely N-dealkylation sites (tertiary alicyclic amines) is 1. The number of nitrogens with zero attached hydrogens (tertiary/aromatic N) is 3. The van der Waals surface area contributed by atoms with E-state index < -0.39 is 6.09 Å². The summed E-state index contributed by atoms with van der Waals surface area (Å²) in [7, 11) is 0. The topological polar surface area (TPSA) is 47.0 Å². The Morgan fingerprint density at radius 3 is 1.68 bits per heavy atom. The lowest BCUT2D eigenvalue weighted by Gasteiger charge is -2.43. The first kappa shape index (κ1) is 27.5. The van der Waals surface area contributed by atoms with Gasteiger partial charge >= 0.3 is 6.09 Å². The summed E-state index contributed by atoms with van der Waals surface area (Å²) in [5.74, 6) is 0. The normalized spacial score (nSPS) is 17.1. The molecule has 40 heavy (non-hydrogen) atoms. The maximum atomic E-state index is 12.3. The molecule has 1 aliphatic heterocycles. The van der Waals surface area contributed by atoms with Crippen molar-refractivity contribution in [2.24, 2.45) is 0 Å². The van der Waals surface area contributed by atoms with E-state index in [0.717, 1.165) is 56.7 Å². The Morgan fingerprint density at radius 2 is 1.20 bits per heavy atom. The molecule has 2 unspecified atom stereocenters. The van der Waals surface area contributed by atoms with Crippen LogP contribution in [-0.4, -0.2) is 46.2 Å². The molecule has 1 amide bonds. The van der Waals surface area contributed by atoms with Crippen molar-refractivity contribution in [3.05, 3.63) is 132 Å². The summed E-state index contributed by atoms with van der Waals surface area (Å²) in [5, 5.41) is 10.1. The average molecular weight is 534 g/mol. The van der Waals surface area contributed by atoms with Gasteiger partial charge in [0.1, 0.15) is 0 Å². The molecule has 4 aromatic carbocycles. The maximum Gasteiger partial charge on any atom is 0.407 e. The Labute approximate surface area is 238 Å². The minimum absolute atomic E-state index is 0.0125. The number of amides is 1. The molecular weight excluding hydrogens is 494 g/mol. The van der Waals surface area contributed by atoms with Gasteiger partial charge in [-0.15, -0.1) is 0 Å². The van der Waals surface area contributed by atoms with E-state index in [1.807, 2.05) is 12.1 Å². The first-order chi connectivity index (χ1) is 19.7. The molecule has 4 aromatic rings. The van der Waals surface area contributed by atoms with Gasteiger partial charge in [0.2, 0.25) is 0 Å². The number of carboxylic acid groups (broad SMARTS) is 1. The summed E-state index contributed by atoms with van der Waals surface area (Å²) in [5.41, 5.74) is 4.89. The number of hydrogen-bond acceptors (Lipinski definition) is 3. The molecule has 0 spiro atoms. The molecule has 5 heteroatoms. The van der Waals surface area contributed by atoms with Gasteiger partial charge in [0, 0.05) is 43.1 Å². The highest BCUT2D eigenvalue weighted by Gasteiger charge is 2.34. The molecule has 1 heterocycles. The van der Waals surface area contributed by atoms with Crippen LogP contribution in [0.1, 0.15) is 36.8 Å². The average Bonchev–Trinajstić information content (AvgIpc) is 2.99. The molecule has 1 saturated heterocycles. The lowest BCUT2D eigenvalue weighted by Crippen LogP contribution is -2.51. The minimum atomic E-state index is -0.806. The van der Waals surface area contributed by atoms with Gasteiger partial charge in [0.25, 0.3) is 0 Å². The smallest absolute Gasteiger partial charge is 0.407 e. The summed E-state index contributed by atoms with van der Waals surface area (Å²) in [4.78, 5) is 18.8. The van der Waals surface area contributed by atoms with Crippen LogP contribution in [0.3, 0.4) is 0 Å². The summed E-state index contributed by atoms with van der Waals surface area (Å²) < 4.78 is 0. The summed E-state index contributed by atoms with van der Waals surface area (Å²) in [6, 6.07) is 42.4. The van der Waals surface area contributed by atoms with Gasteiger partial charge in [-0.3, -0.25) is 4.90 Å². The number of para-hydroxylation sites is 2. The number of hydrogen-bond donors (Lipinski definition) is 1. The third kappa shape index (κ3) is 7.30. The molecule has 0 aromatic heterocycles. The molecule has 1 N–H and O–H groups in total. The van der Waals surface area contributed by atoms with Crippen LogP contribution < -0.4 is 4.90 Å². The molecule has 5 nitrogen and oxygen atoms in total. The molecule has 206 valence electrons. The Hall–Kier alpha value is -4.09. The van der Waals surface area contributed by atoms with Crippen LogP contribution in [0.25, 0.3) is 0 Å². The van der Waals surface area contributed by atoms with Gasteiger partial charge in [0.15, 0.2) is 0 Å². The Balaban J connectivity index is 1.29. The van der Waals surface area contributed by atoms with Gasteiger partial charge in [0.05, 0.1) is 0 Å². The Bertz CT molecular complexity index is 1220. The minimum Gasteiger partial charge on any atom is -0.465 e. The molecular formula is C35H39N3O2. The van der Waals surface area contributed by atoms with Crippen LogP contribution in [0.2, 0.25) is 0 Å². The second kappa shape index (κ2) is 13.8. The zero-order valence-electron chi connectivity index (χ0n) is 23.1. The van der Waals surface area contributed by atoms with E-state index in [1.54, 1.807) is 4.90 Å². The zero-order valence-corrected chi connectivity index (χ0v) is 23.1. The molecule has 2 atom stereocenters. The van der Waals surface area contributed by atoms with Crippen molar-refractivity contribution in [1.29, 1.82) is 0 Å². The van der Waals surface area contributed by atoms with Gasteiger partial charge in [-0.2, -0.15) is 0 Å². The molecule has 0 saturated carbocycles. The first-order valence-corrected chi connectivity index (χ1v) is 14.4. The largest absolute Gasteiger partial charge is 0.465 e. The predicted molar refractivity (Wildman–Crippen MR) is 163 cm³/mol. The van der Waals surface area contributed by atoms with Gasteiger partial charge in [-0.1, -0.05) is 97.1 Å². The third-order valence-corrected chi connectivity index (χ3v) is 7.88. The van der Waals surface area contributed by atoms with Crippen LogP contribution in [0, 0.1) is 0 Å². The summed E-state index contributed by atoms with van der Waals surface area (Å²) in [6.45, 7) is 3.22. The van der Waals surface area contributed by atoms with Crippen LogP contribution in [-0.2, 0) is 13.1 Å². The van der Waals surface area contributed by atoms with E-state index in [4.69, 9.17) is 0 Å². The number of benzene rings is 4. The van der Waals surface area contributed by atoms with Gasteiger partial charge in [-0.25, -0.2) is 4.79 Å². The van der Waals surface area contributed by atoms with Crippen LogP contribution >= 0.6 is 0 Å². The standard InChI is InChI=1S/C35H39N3O2/c39-35(40)37-25-23-34(38(31-18-9-3-10-19-31)32-20-11-4-12-21-32)26-33(37)22-13-24-36(27-29-14-5-1-6-15-29)28-30-16-7-2-8-17-30/h1-12,14-21,33-34H,13,22-28H2,(H,39,40). The van der Waals surface area contributed by atoms with Crippen molar-refractivity contribution in [3.63, 3.8) is 0 Å². The monoisotopic (exact) mass is 533 g/mol. The maximum absolute atomic E-state index is 12.3. The van der Waals surface area contributed by atoms with E-state index in [1.165, 1.54) is 11.1 Å². The lowest BCUT2D eigenvalue weighted by atomic mass is 9.92. The van der Waals surface area contributed by atoms with E-state index in [2.05, 4.69) is 119 Å². The van der Waals surface area contributed by atoms with Crippen molar-refractivity contribution in [2.75, 3.05) is 18.0 Å². The molecule has 1 fully saturated rings. The predicted octanol–water partition coefficient (Wildman–Crippen LogP) is 7.82. The summed E-state index contributed by atoms with van der Waals surface area (Å²) in [6.07, 6.45) is 2.60. The fraction of sp³-hybridized carbons (Fsp3) is 0.286. The van der Waals surface area contributed by atoms with Crippen molar-refractivity contribution >= 4 is 17.5 Å². The SMILES string of the molecule is O=C(O)N1CCC(N(c2ccccc2)c2ccccc2)CC1CCCN(Cc1ccccc1)Cc1ccccc1. The fourth-order valence-corrected chi connectivity index (χ4v) is 5.99. The Morgan fingerprint density at radius 1 is 0.725 bits per heavy atom. The van der Waals surface area contributed by atoms with E-state index in [9.17, 15) is 9.90 Å². The van der Waals surface area contributed by atoms with Crippen molar-refractivity contribution < 1.29 is 9.90 Å². The Kier molecular flexibility index (Phi) is 9.49. The molecule has 0 aliphatic carbocycles. The quantitative estimate of drug-likeness (QED) is 0.214. The molecule has 0 radical (unpaired) electrons. The second-order valence-corrected chi connectivity index (χ2v) is 10.7. The van der Waals surface area contributed by atoms with Crippen molar-refractivity contribution in [1.82, 2.24) is 9.80 Å².